The van der Waals surface area contributed by atoms with Gasteiger partial charge in [0.25, 0.3) is 0 Å². The molecule has 0 spiro atoms. The summed E-state index contributed by atoms with van der Waals surface area (Å²) in [5.41, 5.74) is 0. The number of hydrogen-bond donors (Lipinski definition) is 3. The lowest BCUT2D eigenvalue weighted by Crippen LogP contribution is -2.34. The van der Waals surface area contributed by atoms with E-state index in [0.717, 1.165) is 51.5 Å². The lowest BCUT2D eigenvalue weighted by atomic mass is 10.1. The molecule has 0 aliphatic rings. The van der Waals surface area contributed by atoms with Crippen LogP contribution in [0.3, 0.4) is 0 Å². The third kappa shape index (κ3) is 11.4. The molecule has 0 radical (unpaired) electrons. The van der Waals surface area contributed by atoms with Gasteiger partial charge in [-0.3, -0.25) is 9.59 Å². The zero-order chi connectivity index (χ0) is 13.8. The van der Waals surface area contributed by atoms with Crippen LogP contribution in [-0.2, 0) is 9.59 Å². The standard InChI is InChI=1S/C13H25NO4/c1-11(13(17)18)14-10-8-6-4-2-3-5-7-9-12(15)16/h11,14H,2-10H2,1H3,(H,15,16)(H,17,18)/t11-/m0/s1. The number of hydrogen-bond acceptors (Lipinski definition) is 3. The van der Waals surface area contributed by atoms with Crippen molar-refractivity contribution in [2.45, 2.75) is 64.3 Å². The van der Waals surface area contributed by atoms with Crippen LogP contribution in [0.15, 0.2) is 0 Å². The van der Waals surface area contributed by atoms with Gasteiger partial charge in [-0.2, -0.15) is 0 Å². The summed E-state index contributed by atoms with van der Waals surface area (Å²) in [6.07, 6.45) is 7.48. The van der Waals surface area contributed by atoms with E-state index >= 15 is 0 Å². The van der Waals surface area contributed by atoms with Gasteiger partial charge in [0.2, 0.25) is 0 Å². The average molecular weight is 259 g/mol. The molecule has 0 bridgehead atoms. The Bertz CT molecular complexity index is 243. The van der Waals surface area contributed by atoms with Crippen LogP contribution in [0, 0.1) is 0 Å². The normalized spacial score (nSPS) is 12.3. The van der Waals surface area contributed by atoms with E-state index in [2.05, 4.69) is 5.32 Å². The number of carboxylic acids is 2. The number of unbranched alkanes of at least 4 members (excludes halogenated alkanes) is 6. The molecule has 0 fully saturated rings. The van der Waals surface area contributed by atoms with Gasteiger partial charge < -0.3 is 15.5 Å². The number of rotatable bonds is 12. The zero-order valence-corrected chi connectivity index (χ0v) is 11.2. The van der Waals surface area contributed by atoms with E-state index in [1.165, 1.54) is 0 Å². The molecule has 5 nitrogen and oxygen atoms in total. The Morgan fingerprint density at radius 1 is 0.944 bits per heavy atom. The second-order valence-corrected chi connectivity index (χ2v) is 4.63. The van der Waals surface area contributed by atoms with Crippen LogP contribution in [0.4, 0.5) is 0 Å². The van der Waals surface area contributed by atoms with Gasteiger partial charge in [-0.25, -0.2) is 0 Å². The van der Waals surface area contributed by atoms with Gasteiger partial charge in [0.05, 0.1) is 0 Å². The molecule has 0 saturated carbocycles. The topological polar surface area (TPSA) is 86.6 Å². The van der Waals surface area contributed by atoms with Crippen LogP contribution >= 0.6 is 0 Å². The molecular weight excluding hydrogens is 234 g/mol. The summed E-state index contributed by atoms with van der Waals surface area (Å²) in [5.74, 6) is -1.53. The highest BCUT2D eigenvalue weighted by molar-refractivity contribution is 5.72. The van der Waals surface area contributed by atoms with E-state index in [1.807, 2.05) is 0 Å². The van der Waals surface area contributed by atoms with Crippen molar-refractivity contribution in [2.75, 3.05) is 6.54 Å². The minimum atomic E-state index is -0.812. The summed E-state index contributed by atoms with van der Waals surface area (Å²) in [4.78, 5) is 20.8. The Morgan fingerprint density at radius 3 is 1.94 bits per heavy atom. The fourth-order valence-electron chi connectivity index (χ4n) is 1.69. The average Bonchev–Trinajstić information content (AvgIpc) is 2.30. The fraction of sp³-hybridized carbons (Fsp3) is 0.846. The summed E-state index contributed by atoms with van der Waals surface area (Å²) in [6, 6.07) is -0.471. The molecule has 1 atom stereocenters. The highest BCUT2D eigenvalue weighted by atomic mass is 16.4. The molecule has 0 unspecified atom stereocenters. The molecule has 5 heteroatoms. The number of carboxylic acid groups (broad SMARTS) is 2. The Labute approximate surface area is 109 Å². The third-order valence-corrected chi connectivity index (χ3v) is 2.89. The minimum Gasteiger partial charge on any atom is -0.481 e. The molecule has 0 heterocycles. The summed E-state index contributed by atoms with van der Waals surface area (Å²) in [7, 11) is 0. The van der Waals surface area contributed by atoms with Gasteiger partial charge >= 0.3 is 11.9 Å². The smallest absolute Gasteiger partial charge is 0.320 e. The van der Waals surface area contributed by atoms with E-state index in [0.29, 0.717) is 0 Å². The number of carbonyl (C=O) groups is 2. The van der Waals surface area contributed by atoms with Crippen LogP contribution < -0.4 is 5.32 Å². The van der Waals surface area contributed by atoms with E-state index in [9.17, 15) is 9.59 Å². The number of nitrogens with one attached hydrogen (secondary N) is 1. The zero-order valence-electron chi connectivity index (χ0n) is 11.2. The second kappa shape index (κ2) is 11.0. The van der Waals surface area contributed by atoms with Gasteiger partial charge in [-0.1, -0.05) is 32.1 Å². The Kier molecular flexibility index (Phi) is 10.3. The van der Waals surface area contributed by atoms with Crippen molar-refractivity contribution in [1.82, 2.24) is 5.32 Å². The summed E-state index contributed by atoms with van der Waals surface area (Å²) in [6.45, 7) is 2.39. The van der Waals surface area contributed by atoms with Crippen molar-refractivity contribution in [3.63, 3.8) is 0 Å². The van der Waals surface area contributed by atoms with Gasteiger partial charge in [-0.05, 0) is 26.3 Å². The van der Waals surface area contributed by atoms with Crippen LogP contribution in [0.1, 0.15) is 58.3 Å². The summed E-state index contributed by atoms with van der Waals surface area (Å²) < 4.78 is 0. The molecular formula is C13H25NO4. The molecule has 0 aliphatic carbocycles. The Hall–Kier alpha value is -1.10. The van der Waals surface area contributed by atoms with Crippen molar-refractivity contribution in [2.24, 2.45) is 0 Å². The van der Waals surface area contributed by atoms with E-state index < -0.39 is 18.0 Å². The predicted molar refractivity (Wildman–Crippen MR) is 69.7 cm³/mol. The molecule has 18 heavy (non-hydrogen) atoms. The Morgan fingerprint density at radius 2 is 1.44 bits per heavy atom. The SMILES string of the molecule is C[C@H](NCCCCCCCCCC(=O)O)C(=O)O. The lowest BCUT2D eigenvalue weighted by Gasteiger charge is -2.08. The lowest BCUT2D eigenvalue weighted by molar-refractivity contribution is -0.139. The molecule has 0 aromatic rings. The molecule has 0 aromatic carbocycles. The molecule has 0 aliphatic heterocycles. The maximum absolute atomic E-state index is 10.5. The Balaban J connectivity index is 3.12. The van der Waals surface area contributed by atoms with Gasteiger partial charge in [0, 0.05) is 6.42 Å². The summed E-state index contributed by atoms with van der Waals surface area (Å²) in [5, 5.41) is 20.0. The molecule has 0 amide bonds. The van der Waals surface area contributed by atoms with Crippen molar-refractivity contribution in [1.29, 1.82) is 0 Å². The maximum atomic E-state index is 10.5. The second-order valence-electron chi connectivity index (χ2n) is 4.63. The predicted octanol–water partition coefficient (Wildman–Crippen LogP) is 2.25. The first-order chi connectivity index (χ1) is 8.54. The van der Waals surface area contributed by atoms with E-state index in [-0.39, 0.29) is 6.42 Å². The van der Waals surface area contributed by atoms with Gasteiger partial charge in [0.15, 0.2) is 0 Å². The summed E-state index contributed by atoms with van der Waals surface area (Å²) >= 11 is 0. The first kappa shape index (κ1) is 16.9. The molecule has 0 saturated heterocycles. The van der Waals surface area contributed by atoms with Crippen LogP contribution in [0.5, 0.6) is 0 Å². The molecule has 3 N–H and O–H groups in total. The first-order valence-corrected chi connectivity index (χ1v) is 6.72. The van der Waals surface area contributed by atoms with Crippen molar-refractivity contribution >= 4 is 11.9 Å². The highest BCUT2D eigenvalue weighted by Gasteiger charge is 2.07. The largest absolute Gasteiger partial charge is 0.481 e. The van der Waals surface area contributed by atoms with E-state index in [4.69, 9.17) is 10.2 Å². The van der Waals surface area contributed by atoms with Crippen molar-refractivity contribution < 1.29 is 19.8 Å². The molecule has 0 aromatic heterocycles. The maximum Gasteiger partial charge on any atom is 0.320 e. The fourth-order valence-corrected chi connectivity index (χ4v) is 1.69. The van der Waals surface area contributed by atoms with Crippen LogP contribution in [0.2, 0.25) is 0 Å². The van der Waals surface area contributed by atoms with Crippen LogP contribution in [-0.4, -0.2) is 34.7 Å². The quantitative estimate of drug-likeness (QED) is 0.468. The van der Waals surface area contributed by atoms with E-state index in [1.54, 1.807) is 6.92 Å². The third-order valence-electron chi connectivity index (χ3n) is 2.89. The first-order valence-electron chi connectivity index (χ1n) is 6.72. The molecule has 0 rings (SSSR count). The van der Waals surface area contributed by atoms with Crippen molar-refractivity contribution in [3.05, 3.63) is 0 Å². The van der Waals surface area contributed by atoms with Gasteiger partial charge in [0.1, 0.15) is 6.04 Å². The highest BCUT2D eigenvalue weighted by Crippen LogP contribution is 2.08. The van der Waals surface area contributed by atoms with Crippen LogP contribution in [0.25, 0.3) is 0 Å². The van der Waals surface area contributed by atoms with Gasteiger partial charge in [-0.15, -0.1) is 0 Å². The van der Waals surface area contributed by atoms with Crippen molar-refractivity contribution in [3.8, 4) is 0 Å². The molecule has 106 valence electrons. The number of aliphatic carboxylic acids is 2. The monoisotopic (exact) mass is 259 g/mol. The minimum absolute atomic E-state index is 0.275.